The molecule has 1 amide bonds. The van der Waals surface area contributed by atoms with Crippen molar-refractivity contribution in [2.24, 2.45) is 0 Å². The molecule has 1 aromatic carbocycles. The van der Waals surface area contributed by atoms with Crippen LogP contribution in [0.15, 0.2) is 28.8 Å². The number of hydrogen-bond donors (Lipinski definition) is 1. The van der Waals surface area contributed by atoms with Gasteiger partial charge < -0.3 is 19.3 Å². The van der Waals surface area contributed by atoms with Gasteiger partial charge in [-0.05, 0) is 31.2 Å². The van der Waals surface area contributed by atoms with Gasteiger partial charge in [0.15, 0.2) is 0 Å². The summed E-state index contributed by atoms with van der Waals surface area (Å²) >= 11 is 0. The number of nitrogens with zero attached hydrogens (tertiary/aromatic N) is 3. The minimum absolute atomic E-state index is 0.116. The summed E-state index contributed by atoms with van der Waals surface area (Å²) in [6.07, 6.45) is 0.378. The van der Waals surface area contributed by atoms with Crippen molar-refractivity contribution in [3.63, 3.8) is 0 Å². The second-order valence-corrected chi connectivity index (χ2v) is 5.04. The lowest BCUT2D eigenvalue weighted by atomic mass is 10.2. The molecule has 0 unspecified atom stereocenters. The lowest BCUT2D eigenvalue weighted by Crippen LogP contribution is -2.35. The van der Waals surface area contributed by atoms with Gasteiger partial charge >= 0.3 is 5.97 Å². The van der Waals surface area contributed by atoms with Gasteiger partial charge in [-0.15, -0.1) is 0 Å². The maximum Gasteiger partial charge on any atom is 0.323 e. The van der Waals surface area contributed by atoms with Crippen LogP contribution in [0.3, 0.4) is 0 Å². The molecule has 0 aliphatic heterocycles. The van der Waals surface area contributed by atoms with E-state index in [2.05, 4.69) is 10.1 Å². The molecule has 0 saturated carbocycles. The van der Waals surface area contributed by atoms with Crippen molar-refractivity contribution >= 4 is 11.9 Å². The number of benzene rings is 1. The third-order valence-electron chi connectivity index (χ3n) is 3.43. The van der Waals surface area contributed by atoms with Crippen LogP contribution in [0.2, 0.25) is 0 Å². The van der Waals surface area contributed by atoms with Gasteiger partial charge in [-0.1, -0.05) is 5.16 Å². The predicted octanol–water partition coefficient (Wildman–Crippen LogP) is 1.61. The Morgan fingerprint density at radius 1 is 1.29 bits per heavy atom. The van der Waals surface area contributed by atoms with E-state index in [0.29, 0.717) is 18.3 Å². The number of carbonyl (C=O) groups excluding carboxylic acids is 1. The second-order valence-electron chi connectivity index (χ2n) is 5.04. The molecule has 24 heavy (non-hydrogen) atoms. The number of aromatic nitrogens is 2. The first-order chi connectivity index (χ1) is 11.5. The summed E-state index contributed by atoms with van der Waals surface area (Å²) in [5, 5.41) is 12.7. The van der Waals surface area contributed by atoms with E-state index in [1.807, 2.05) is 12.1 Å². The van der Waals surface area contributed by atoms with Gasteiger partial charge in [0.05, 0.1) is 7.11 Å². The predicted molar refractivity (Wildman–Crippen MR) is 84.5 cm³/mol. The van der Waals surface area contributed by atoms with Gasteiger partial charge in [0.2, 0.25) is 17.6 Å². The van der Waals surface area contributed by atoms with E-state index in [1.165, 1.54) is 4.90 Å². The van der Waals surface area contributed by atoms with E-state index in [1.54, 1.807) is 26.2 Å². The van der Waals surface area contributed by atoms with Crippen LogP contribution >= 0.6 is 0 Å². The highest BCUT2D eigenvalue weighted by Crippen LogP contribution is 2.20. The number of carbonyl (C=O) groups is 2. The first-order valence-corrected chi connectivity index (χ1v) is 7.50. The number of ether oxygens (including phenoxy) is 1. The van der Waals surface area contributed by atoms with E-state index >= 15 is 0 Å². The molecule has 0 aliphatic carbocycles. The van der Waals surface area contributed by atoms with Gasteiger partial charge in [-0.2, -0.15) is 4.98 Å². The quantitative estimate of drug-likeness (QED) is 0.782. The molecule has 0 atom stereocenters. The van der Waals surface area contributed by atoms with Crippen LogP contribution in [-0.2, 0) is 16.0 Å². The smallest absolute Gasteiger partial charge is 0.323 e. The summed E-state index contributed by atoms with van der Waals surface area (Å²) in [5.41, 5.74) is 0.776. The van der Waals surface area contributed by atoms with Crippen molar-refractivity contribution in [1.29, 1.82) is 0 Å². The van der Waals surface area contributed by atoms with Crippen LogP contribution in [0.1, 0.15) is 19.2 Å². The zero-order valence-corrected chi connectivity index (χ0v) is 13.6. The monoisotopic (exact) mass is 333 g/mol. The van der Waals surface area contributed by atoms with Crippen LogP contribution in [0.4, 0.5) is 0 Å². The molecule has 8 nitrogen and oxygen atoms in total. The van der Waals surface area contributed by atoms with Crippen LogP contribution in [0.25, 0.3) is 11.4 Å². The summed E-state index contributed by atoms with van der Waals surface area (Å²) in [6, 6.07) is 7.20. The van der Waals surface area contributed by atoms with Crippen molar-refractivity contribution in [2.75, 3.05) is 20.2 Å². The van der Waals surface area contributed by atoms with Crippen LogP contribution in [-0.4, -0.2) is 52.2 Å². The molecule has 0 saturated heterocycles. The largest absolute Gasteiger partial charge is 0.497 e. The van der Waals surface area contributed by atoms with E-state index in [4.69, 9.17) is 14.4 Å². The Kier molecular flexibility index (Phi) is 5.89. The second kappa shape index (κ2) is 8.09. The summed E-state index contributed by atoms with van der Waals surface area (Å²) < 4.78 is 10.2. The highest BCUT2D eigenvalue weighted by Gasteiger charge is 2.16. The molecule has 8 heteroatoms. The number of aryl methyl sites for hydroxylation is 1. The zero-order valence-electron chi connectivity index (χ0n) is 13.6. The van der Waals surface area contributed by atoms with Gasteiger partial charge in [-0.25, -0.2) is 0 Å². The Hall–Kier alpha value is -2.90. The third-order valence-corrected chi connectivity index (χ3v) is 3.43. The van der Waals surface area contributed by atoms with Gasteiger partial charge in [0.25, 0.3) is 0 Å². The standard InChI is InChI=1S/C16H19N3O5/c1-3-19(10-15(21)22)14(20)9-8-13-17-16(18-24-13)11-4-6-12(23-2)7-5-11/h4-7H,3,8-10H2,1-2H3,(H,21,22). The van der Waals surface area contributed by atoms with Crippen LogP contribution in [0.5, 0.6) is 5.75 Å². The number of amides is 1. The summed E-state index contributed by atoms with van der Waals surface area (Å²) in [4.78, 5) is 28.2. The van der Waals surface area contributed by atoms with Crippen molar-refractivity contribution in [3.8, 4) is 17.1 Å². The Bertz CT molecular complexity index is 696. The fourth-order valence-electron chi connectivity index (χ4n) is 2.13. The number of carboxylic acids is 1. The lowest BCUT2D eigenvalue weighted by molar-refractivity contribution is -0.144. The average Bonchev–Trinajstić information content (AvgIpc) is 3.06. The van der Waals surface area contributed by atoms with Crippen molar-refractivity contribution in [1.82, 2.24) is 15.0 Å². The highest BCUT2D eigenvalue weighted by atomic mass is 16.5. The molecule has 0 spiro atoms. The molecule has 128 valence electrons. The van der Waals surface area contributed by atoms with Crippen molar-refractivity contribution < 1.29 is 24.0 Å². The number of aliphatic carboxylic acids is 1. The normalized spacial score (nSPS) is 10.4. The molecular formula is C16H19N3O5. The van der Waals surface area contributed by atoms with E-state index in [9.17, 15) is 9.59 Å². The Morgan fingerprint density at radius 3 is 2.58 bits per heavy atom. The van der Waals surface area contributed by atoms with Crippen molar-refractivity contribution in [2.45, 2.75) is 19.8 Å². The van der Waals surface area contributed by atoms with Crippen LogP contribution in [0, 0.1) is 0 Å². The molecule has 1 N–H and O–H groups in total. The van der Waals surface area contributed by atoms with Crippen LogP contribution < -0.4 is 4.74 Å². The molecular weight excluding hydrogens is 314 g/mol. The molecule has 2 aromatic rings. The Balaban J connectivity index is 1.95. The van der Waals surface area contributed by atoms with Gasteiger partial charge in [0, 0.05) is 24.9 Å². The van der Waals surface area contributed by atoms with Crippen molar-refractivity contribution in [3.05, 3.63) is 30.2 Å². The minimum Gasteiger partial charge on any atom is -0.497 e. The fraction of sp³-hybridized carbons (Fsp3) is 0.375. The minimum atomic E-state index is -1.04. The summed E-state index contributed by atoms with van der Waals surface area (Å²) in [5.74, 6) is 0.193. The Morgan fingerprint density at radius 2 is 2.00 bits per heavy atom. The fourth-order valence-corrected chi connectivity index (χ4v) is 2.13. The Labute approximate surface area is 139 Å². The first kappa shape index (κ1) is 17.5. The number of methoxy groups -OCH3 is 1. The third kappa shape index (κ3) is 4.55. The van der Waals surface area contributed by atoms with E-state index < -0.39 is 5.97 Å². The van der Waals surface area contributed by atoms with Gasteiger partial charge in [0.1, 0.15) is 12.3 Å². The number of rotatable bonds is 8. The topological polar surface area (TPSA) is 106 Å². The molecule has 0 fully saturated rings. The SMILES string of the molecule is CCN(CC(=O)O)C(=O)CCc1nc(-c2ccc(OC)cc2)no1. The number of hydrogen-bond acceptors (Lipinski definition) is 6. The average molecular weight is 333 g/mol. The molecule has 0 bridgehead atoms. The lowest BCUT2D eigenvalue weighted by Gasteiger charge is -2.17. The van der Waals surface area contributed by atoms with E-state index in [0.717, 1.165) is 11.3 Å². The molecule has 1 heterocycles. The molecule has 1 aromatic heterocycles. The zero-order chi connectivity index (χ0) is 17.5. The van der Waals surface area contributed by atoms with Gasteiger partial charge in [-0.3, -0.25) is 9.59 Å². The molecule has 2 rings (SSSR count). The van der Waals surface area contributed by atoms with E-state index in [-0.39, 0.29) is 25.3 Å². The number of likely N-dealkylation sites (N-methyl/N-ethyl adjacent to an activating group) is 1. The summed E-state index contributed by atoms with van der Waals surface area (Å²) in [7, 11) is 1.59. The maximum absolute atomic E-state index is 12.0. The highest BCUT2D eigenvalue weighted by molar-refractivity contribution is 5.81. The molecule has 0 aliphatic rings. The first-order valence-electron chi connectivity index (χ1n) is 7.50. The summed E-state index contributed by atoms with van der Waals surface area (Å²) in [6.45, 7) is 1.76. The molecule has 0 radical (unpaired) electrons. The maximum atomic E-state index is 12.0. The number of carboxylic acid groups (broad SMARTS) is 1.